The van der Waals surface area contributed by atoms with Crippen LogP contribution in [0.1, 0.15) is 37.7 Å². The lowest BCUT2D eigenvalue weighted by Crippen LogP contribution is -2.45. The molecule has 32 heavy (non-hydrogen) atoms. The number of hydrogen-bond acceptors (Lipinski definition) is 3. The topological polar surface area (TPSA) is 70.2 Å². The quantitative estimate of drug-likeness (QED) is 0.599. The number of pyridine rings is 1. The lowest BCUT2D eigenvalue weighted by atomic mass is 9.98. The van der Waals surface area contributed by atoms with Gasteiger partial charge in [0.25, 0.3) is 0 Å². The first-order valence-corrected chi connectivity index (χ1v) is 11.2. The minimum Gasteiger partial charge on any atom is -0.494 e. The van der Waals surface area contributed by atoms with Crippen molar-refractivity contribution in [3.63, 3.8) is 0 Å². The zero-order valence-electron chi connectivity index (χ0n) is 18.2. The van der Waals surface area contributed by atoms with Crippen molar-refractivity contribution in [1.29, 1.82) is 0 Å². The minimum atomic E-state index is -0.398. The standard InChI is InChI=1S/C25H27FN4O2/c1-32-23-7-6-17(13-22(23)26)18-12-20-21(15-28-24(20)27-14-18)16-8-10-30(11-9-16)25(31)29-19-4-2-3-5-19/h6-8,12-15,19H,2-5,9-11H2,1H3,(H,27,28)(H,29,31). The Kier molecular flexibility index (Phi) is 5.55. The predicted molar refractivity (Wildman–Crippen MR) is 123 cm³/mol. The molecule has 166 valence electrons. The summed E-state index contributed by atoms with van der Waals surface area (Å²) in [7, 11) is 1.45. The molecule has 1 aliphatic heterocycles. The van der Waals surface area contributed by atoms with Crippen LogP contribution in [0.4, 0.5) is 9.18 Å². The molecular weight excluding hydrogens is 407 g/mol. The monoisotopic (exact) mass is 434 g/mol. The van der Waals surface area contributed by atoms with Gasteiger partial charge in [0.15, 0.2) is 11.6 Å². The molecule has 0 radical (unpaired) electrons. The van der Waals surface area contributed by atoms with Crippen LogP contribution in [0.3, 0.4) is 0 Å². The van der Waals surface area contributed by atoms with Crippen molar-refractivity contribution in [2.24, 2.45) is 0 Å². The normalized spacial score (nSPS) is 16.9. The summed E-state index contributed by atoms with van der Waals surface area (Å²) in [5.41, 5.74) is 4.66. The number of rotatable bonds is 4. The van der Waals surface area contributed by atoms with Crippen molar-refractivity contribution in [2.45, 2.75) is 38.1 Å². The second kappa shape index (κ2) is 8.65. The highest BCUT2D eigenvalue weighted by Crippen LogP contribution is 2.32. The number of hydrogen-bond donors (Lipinski definition) is 2. The van der Waals surface area contributed by atoms with Crippen molar-refractivity contribution in [2.75, 3.05) is 20.2 Å². The highest BCUT2D eigenvalue weighted by Gasteiger charge is 2.23. The fourth-order valence-corrected chi connectivity index (χ4v) is 4.71. The number of aromatic nitrogens is 2. The molecule has 0 saturated heterocycles. The summed E-state index contributed by atoms with van der Waals surface area (Å²) < 4.78 is 19.2. The molecule has 0 bridgehead atoms. The zero-order chi connectivity index (χ0) is 22.1. The molecule has 2 N–H and O–H groups in total. The molecule has 6 nitrogen and oxygen atoms in total. The van der Waals surface area contributed by atoms with Crippen LogP contribution in [0.25, 0.3) is 27.7 Å². The first kappa shape index (κ1) is 20.5. The second-order valence-corrected chi connectivity index (χ2v) is 8.53. The summed E-state index contributed by atoms with van der Waals surface area (Å²) >= 11 is 0. The van der Waals surface area contributed by atoms with Crippen LogP contribution < -0.4 is 10.1 Å². The van der Waals surface area contributed by atoms with E-state index < -0.39 is 5.82 Å². The van der Waals surface area contributed by atoms with Crippen LogP contribution in [-0.2, 0) is 0 Å². The Labute approximate surface area is 186 Å². The maximum absolute atomic E-state index is 14.2. The van der Waals surface area contributed by atoms with Gasteiger partial charge in [0, 0.05) is 48.0 Å². The summed E-state index contributed by atoms with van der Waals surface area (Å²) in [5, 5.41) is 4.16. The van der Waals surface area contributed by atoms with Gasteiger partial charge < -0.3 is 19.9 Å². The van der Waals surface area contributed by atoms with Gasteiger partial charge >= 0.3 is 6.03 Å². The van der Waals surface area contributed by atoms with E-state index in [0.29, 0.717) is 19.1 Å². The number of halogens is 1. The van der Waals surface area contributed by atoms with Gasteiger partial charge in [0.1, 0.15) is 5.65 Å². The molecule has 2 aromatic heterocycles. The second-order valence-electron chi connectivity index (χ2n) is 8.53. The fraction of sp³-hybridized carbons (Fsp3) is 0.360. The van der Waals surface area contributed by atoms with Crippen molar-refractivity contribution >= 4 is 22.6 Å². The molecule has 2 amide bonds. The minimum absolute atomic E-state index is 0.0385. The van der Waals surface area contributed by atoms with Gasteiger partial charge in [-0.3, -0.25) is 0 Å². The van der Waals surface area contributed by atoms with Gasteiger partial charge in [-0.05, 0) is 48.6 Å². The zero-order valence-corrected chi connectivity index (χ0v) is 18.2. The molecule has 1 saturated carbocycles. The Morgan fingerprint density at radius 2 is 2.09 bits per heavy atom. The lowest BCUT2D eigenvalue weighted by Gasteiger charge is -2.28. The average molecular weight is 435 g/mol. The van der Waals surface area contributed by atoms with E-state index in [1.807, 2.05) is 23.2 Å². The molecule has 5 rings (SSSR count). The Morgan fingerprint density at radius 1 is 1.25 bits per heavy atom. The van der Waals surface area contributed by atoms with Gasteiger partial charge in [0.2, 0.25) is 0 Å². The number of H-pyrrole nitrogens is 1. The Balaban J connectivity index is 1.36. The van der Waals surface area contributed by atoms with Crippen molar-refractivity contribution < 1.29 is 13.9 Å². The average Bonchev–Trinajstić information content (AvgIpc) is 3.48. The molecule has 1 aromatic carbocycles. The molecule has 7 heteroatoms. The number of fused-ring (bicyclic) bond motifs is 1. The highest BCUT2D eigenvalue weighted by atomic mass is 19.1. The number of carbonyl (C=O) groups is 1. The van der Waals surface area contributed by atoms with Gasteiger partial charge in [-0.25, -0.2) is 14.2 Å². The summed E-state index contributed by atoms with van der Waals surface area (Å²) in [6.45, 7) is 1.28. The summed E-state index contributed by atoms with van der Waals surface area (Å²) in [6, 6.07) is 7.33. The summed E-state index contributed by atoms with van der Waals surface area (Å²) in [4.78, 5) is 22.2. The van der Waals surface area contributed by atoms with E-state index in [4.69, 9.17) is 4.74 Å². The molecule has 3 heterocycles. The third-order valence-corrected chi connectivity index (χ3v) is 6.54. The van der Waals surface area contributed by atoms with Crippen LogP contribution in [0.5, 0.6) is 5.75 Å². The first-order chi connectivity index (χ1) is 15.6. The Bertz CT molecular complexity index is 1180. The molecule has 0 atom stereocenters. The van der Waals surface area contributed by atoms with Gasteiger partial charge in [-0.2, -0.15) is 0 Å². The number of urea groups is 1. The van der Waals surface area contributed by atoms with E-state index >= 15 is 0 Å². The lowest BCUT2D eigenvalue weighted by molar-refractivity contribution is 0.199. The molecule has 0 spiro atoms. The van der Waals surface area contributed by atoms with Crippen LogP contribution in [0, 0.1) is 5.82 Å². The van der Waals surface area contributed by atoms with E-state index in [2.05, 4.69) is 21.4 Å². The van der Waals surface area contributed by atoms with E-state index in [1.54, 1.807) is 12.3 Å². The molecule has 0 unspecified atom stereocenters. The van der Waals surface area contributed by atoms with E-state index in [0.717, 1.165) is 47.0 Å². The smallest absolute Gasteiger partial charge is 0.317 e. The van der Waals surface area contributed by atoms with Gasteiger partial charge in [0.05, 0.1) is 7.11 Å². The molecule has 1 aliphatic carbocycles. The summed E-state index contributed by atoms with van der Waals surface area (Å²) in [5.74, 6) is -0.177. The number of aromatic amines is 1. The van der Waals surface area contributed by atoms with Crippen LogP contribution >= 0.6 is 0 Å². The van der Waals surface area contributed by atoms with E-state index in [1.165, 1.54) is 31.6 Å². The third-order valence-electron chi connectivity index (χ3n) is 6.54. The number of amides is 2. The Morgan fingerprint density at radius 3 is 2.81 bits per heavy atom. The summed E-state index contributed by atoms with van der Waals surface area (Å²) in [6.07, 6.45) is 11.2. The van der Waals surface area contributed by atoms with Crippen molar-refractivity contribution in [3.8, 4) is 16.9 Å². The number of benzene rings is 1. The number of carbonyl (C=O) groups excluding carboxylic acids is 1. The fourth-order valence-electron chi connectivity index (χ4n) is 4.71. The highest BCUT2D eigenvalue weighted by molar-refractivity contribution is 5.93. The van der Waals surface area contributed by atoms with Crippen LogP contribution in [0.2, 0.25) is 0 Å². The van der Waals surface area contributed by atoms with Crippen molar-refractivity contribution in [1.82, 2.24) is 20.2 Å². The van der Waals surface area contributed by atoms with E-state index in [-0.39, 0.29) is 11.8 Å². The van der Waals surface area contributed by atoms with Gasteiger partial charge in [-0.15, -0.1) is 0 Å². The molecule has 2 aliphatic rings. The SMILES string of the molecule is COc1ccc(-c2cnc3[nH]cc(C4=CCN(C(=O)NC5CCCC5)CC4)c3c2)cc1F. The van der Waals surface area contributed by atoms with Crippen molar-refractivity contribution in [3.05, 3.63) is 54.1 Å². The maximum Gasteiger partial charge on any atom is 0.317 e. The number of nitrogens with one attached hydrogen (secondary N) is 2. The van der Waals surface area contributed by atoms with Gasteiger partial charge in [-0.1, -0.05) is 25.0 Å². The number of nitrogens with zero attached hydrogens (tertiary/aromatic N) is 2. The maximum atomic E-state index is 14.2. The molecule has 1 fully saturated rings. The van der Waals surface area contributed by atoms with Crippen LogP contribution in [-0.4, -0.2) is 47.1 Å². The van der Waals surface area contributed by atoms with Crippen LogP contribution in [0.15, 0.2) is 42.7 Å². The van der Waals surface area contributed by atoms with E-state index in [9.17, 15) is 9.18 Å². The Hall–Kier alpha value is -3.35. The predicted octanol–water partition coefficient (Wildman–Crippen LogP) is 5.12. The molecule has 3 aromatic rings. The largest absolute Gasteiger partial charge is 0.494 e. The molecular formula is C25H27FN4O2. The first-order valence-electron chi connectivity index (χ1n) is 11.2. The third kappa shape index (κ3) is 3.95. The number of methoxy groups -OCH3 is 1. The number of ether oxygens (including phenoxy) is 1.